The number of aromatic nitrogens is 1. The van der Waals surface area contributed by atoms with Gasteiger partial charge in [-0.15, -0.1) is 0 Å². The van der Waals surface area contributed by atoms with Crippen LogP contribution in [0.3, 0.4) is 0 Å². The number of nitrogens with zero attached hydrogens (tertiary/aromatic N) is 2. The van der Waals surface area contributed by atoms with Gasteiger partial charge in [-0.2, -0.15) is 4.31 Å². The number of piperidine rings is 1. The molecule has 8 nitrogen and oxygen atoms in total. The Labute approximate surface area is 201 Å². The quantitative estimate of drug-likeness (QED) is 0.392. The van der Waals surface area contributed by atoms with Crippen molar-refractivity contribution in [3.05, 3.63) is 52.3 Å². The van der Waals surface area contributed by atoms with Crippen LogP contribution in [0.4, 0.5) is 0 Å². The molecule has 0 amide bonds. The van der Waals surface area contributed by atoms with E-state index >= 15 is 0 Å². The lowest BCUT2D eigenvalue weighted by molar-refractivity contribution is 0.0473. The van der Waals surface area contributed by atoms with Gasteiger partial charge in [-0.25, -0.2) is 13.2 Å². The first-order valence-electron chi connectivity index (χ1n) is 11.6. The Morgan fingerprint density at radius 3 is 2.35 bits per heavy atom. The van der Waals surface area contributed by atoms with E-state index in [0.717, 1.165) is 30.7 Å². The molecule has 34 heavy (non-hydrogen) atoms. The third-order valence-electron chi connectivity index (χ3n) is 6.35. The molecule has 3 rings (SSSR count). The number of benzene rings is 1. The number of hydrogen-bond acceptors (Lipinski definition) is 6. The average molecular weight is 491 g/mol. The summed E-state index contributed by atoms with van der Waals surface area (Å²) in [6, 6.07) is 6.30. The van der Waals surface area contributed by atoms with Crippen LogP contribution in [0.1, 0.15) is 69.9 Å². The van der Waals surface area contributed by atoms with Crippen molar-refractivity contribution in [3.63, 3.8) is 0 Å². The second-order valence-electron chi connectivity index (χ2n) is 8.90. The fraction of sp³-hybridized carbons (Fsp3) is 0.520. The minimum absolute atomic E-state index is 0.0568. The molecule has 1 aromatic carbocycles. The second-order valence-corrected chi connectivity index (χ2v) is 10.8. The highest BCUT2D eigenvalue weighted by Gasteiger charge is 2.27. The highest BCUT2D eigenvalue weighted by molar-refractivity contribution is 7.89. The van der Waals surface area contributed by atoms with Crippen molar-refractivity contribution in [2.45, 2.75) is 57.9 Å². The maximum absolute atomic E-state index is 13.0. The molecule has 0 radical (unpaired) electrons. The van der Waals surface area contributed by atoms with Gasteiger partial charge in [0.05, 0.1) is 23.1 Å². The lowest BCUT2D eigenvalue weighted by atomic mass is 10.1. The van der Waals surface area contributed by atoms with Gasteiger partial charge in [0.25, 0.3) is 0 Å². The molecule has 186 valence electrons. The van der Waals surface area contributed by atoms with Crippen LogP contribution in [0.2, 0.25) is 0 Å². The van der Waals surface area contributed by atoms with E-state index in [9.17, 15) is 18.0 Å². The summed E-state index contributed by atoms with van der Waals surface area (Å²) in [5.41, 5.74) is 2.93. The van der Waals surface area contributed by atoms with Gasteiger partial charge < -0.3 is 14.0 Å². The zero-order chi connectivity index (χ0) is 25.0. The van der Waals surface area contributed by atoms with Crippen molar-refractivity contribution >= 4 is 21.8 Å². The Kier molecular flexibility index (Phi) is 8.33. The molecule has 1 aromatic heterocycles. The molecule has 2 heterocycles. The number of methoxy groups -OCH3 is 1. The van der Waals surface area contributed by atoms with Gasteiger partial charge in [-0.1, -0.05) is 12.5 Å². The largest absolute Gasteiger partial charge is 0.454 e. The molecule has 0 spiro atoms. The van der Waals surface area contributed by atoms with Gasteiger partial charge in [-0.05, 0) is 64.3 Å². The minimum Gasteiger partial charge on any atom is -0.454 e. The Balaban J connectivity index is 1.75. The summed E-state index contributed by atoms with van der Waals surface area (Å²) >= 11 is 0. The Bertz CT molecular complexity index is 1160. The molecular weight excluding hydrogens is 456 g/mol. The number of rotatable bonds is 9. The summed E-state index contributed by atoms with van der Waals surface area (Å²) in [6.07, 6.45) is 2.67. The number of aryl methyl sites for hydroxylation is 2. The molecular formula is C25H34N2O6S. The van der Waals surface area contributed by atoms with Gasteiger partial charge in [-0.3, -0.25) is 4.79 Å². The Morgan fingerprint density at radius 2 is 1.71 bits per heavy atom. The number of carbonyl (C=O) groups is 2. The molecule has 1 aliphatic rings. The normalized spacial score (nSPS) is 15.8. The average Bonchev–Trinajstić information content (AvgIpc) is 3.12. The molecule has 1 aliphatic heterocycles. The predicted octanol–water partition coefficient (Wildman–Crippen LogP) is 3.84. The number of Topliss-reactive ketones (excluding diaryl/α,β-unsaturated/α-hetero) is 1. The van der Waals surface area contributed by atoms with Crippen LogP contribution in [-0.4, -0.2) is 62.5 Å². The first-order valence-corrected chi connectivity index (χ1v) is 13.0. The second kappa shape index (κ2) is 10.8. The number of esters is 1. The first kappa shape index (κ1) is 26.1. The van der Waals surface area contributed by atoms with Crippen molar-refractivity contribution in [3.8, 4) is 0 Å². The van der Waals surface area contributed by atoms with E-state index in [1.807, 2.05) is 25.3 Å². The van der Waals surface area contributed by atoms with Crippen molar-refractivity contribution in [1.82, 2.24) is 8.87 Å². The summed E-state index contributed by atoms with van der Waals surface area (Å²) in [7, 11) is -2.05. The van der Waals surface area contributed by atoms with Crippen molar-refractivity contribution in [2.24, 2.45) is 0 Å². The van der Waals surface area contributed by atoms with Crippen LogP contribution in [-0.2, 0) is 19.5 Å². The highest BCUT2D eigenvalue weighted by Crippen LogP contribution is 2.24. The van der Waals surface area contributed by atoms with Crippen LogP contribution < -0.4 is 0 Å². The third kappa shape index (κ3) is 5.42. The topological polar surface area (TPSA) is 94.9 Å². The number of sulfonamides is 1. The van der Waals surface area contributed by atoms with E-state index in [-0.39, 0.29) is 22.3 Å². The zero-order valence-electron chi connectivity index (χ0n) is 20.6. The maximum atomic E-state index is 13.0. The monoisotopic (exact) mass is 490 g/mol. The zero-order valence-corrected chi connectivity index (χ0v) is 21.4. The van der Waals surface area contributed by atoms with E-state index in [0.29, 0.717) is 30.8 Å². The fourth-order valence-electron chi connectivity index (χ4n) is 4.58. The van der Waals surface area contributed by atoms with E-state index in [4.69, 9.17) is 9.47 Å². The summed E-state index contributed by atoms with van der Waals surface area (Å²) in [5.74, 6) is -1.03. The number of ketones is 1. The third-order valence-corrected chi connectivity index (χ3v) is 8.24. The van der Waals surface area contributed by atoms with Gasteiger partial charge in [0.15, 0.2) is 6.61 Å². The van der Waals surface area contributed by atoms with Crippen LogP contribution in [0.15, 0.2) is 29.2 Å². The minimum atomic E-state index is -3.68. The fourth-order valence-corrected chi connectivity index (χ4v) is 6.12. The van der Waals surface area contributed by atoms with E-state index < -0.39 is 22.6 Å². The van der Waals surface area contributed by atoms with Crippen LogP contribution in [0.5, 0.6) is 0 Å². The lowest BCUT2D eigenvalue weighted by Gasteiger charge is -2.26. The SMILES string of the molecule is COCC(C)n1c(C)cc(C(=O)COC(=O)c2cc(S(=O)(=O)N3CCCCC3)ccc2C)c1C. The summed E-state index contributed by atoms with van der Waals surface area (Å²) in [6.45, 7) is 8.52. The van der Waals surface area contributed by atoms with Crippen molar-refractivity contribution < 1.29 is 27.5 Å². The van der Waals surface area contributed by atoms with Gasteiger partial charge in [0.2, 0.25) is 15.8 Å². The molecule has 9 heteroatoms. The summed E-state index contributed by atoms with van der Waals surface area (Å²) in [4.78, 5) is 25.7. The van der Waals surface area contributed by atoms with Crippen LogP contribution >= 0.6 is 0 Å². The van der Waals surface area contributed by atoms with Gasteiger partial charge in [0.1, 0.15) is 0 Å². The van der Waals surface area contributed by atoms with Crippen LogP contribution in [0.25, 0.3) is 0 Å². The Hall–Kier alpha value is -2.49. The van der Waals surface area contributed by atoms with E-state index in [1.54, 1.807) is 26.2 Å². The van der Waals surface area contributed by atoms with Gasteiger partial charge in [0, 0.05) is 37.2 Å². The number of ether oxygens (including phenoxy) is 2. The van der Waals surface area contributed by atoms with Crippen molar-refractivity contribution in [2.75, 3.05) is 33.4 Å². The summed E-state index contributed by atoms with van der Waals surface area (Å²) in [5, 5.41) is 0. The molecule has 1 atom stereocenters. The first-order chi connectivity index (χ1) is 16.1. The molecule has 2 aromatic rings. The molecule has 0 N–H and O–H groups in total. The molecule has 0 bridgehead atoms. The lowest BCUT2D eigenvalue weighted by Crippen LogP contribution is -2.35. The van der Waals surface area contributed by atoms with E-state index in [1.165, 1.54) is 16.4 Å². The molecule has 0 aliphatic carbocycles. The predicted molar refractivity (Wildman–Crippen MR) is 129 cm³/mol. The molecule has 0 saturated carbocycles. The Morgan fingerprint density at radius 1 is 1.03 bits per heavy atom. The molecule has 1 saturated heterocycles. The van der Waals surface area contributed by atoms with Crippen LogP contribution in [0, 0.1) is 20.8 Å². The van der Waals surface area contributed by atoms with E-state index in [2.05, 4.69) is 0 Å². The van der Waals surface area contributed by atoms with Gasteiger partial charge >= 0.3 is 5.97 Å². The molecule has 1 unspecified atom stereocenters. The summed E-state index contributed by atoms with van der Waals surface area (Å²) < 4.78 is 40.0. The highest BCUT2D eigenvalue weighted by atomic mass is 32.2. The molecule has 1 fully saturated rings. The number of carbonyl (C=O) groups excluding carboxylic acids is 2. The smallest absolute Gasteiger partial charge is 0.338 e. The number of hydrogen-bond donors (Lipinski definition) is 0. The van der Waals surface area contributed by atoms with Crippen molar-refractivity contribution in [1.29, 1.82) is 0 Å². The standard InChI is InChI=1S/C25H34N2O6S/c1-17-9-10-21(34(30,31)26-11-7-6-8-12-26)14-22(17)25(29)33-16-24(28)23-13-18(2)27(20(23)4)19(3)15-32-5/h9-10,13-14,19H,6-8,11-12,15-16H2,1-5H3. The maximum Gasteiger partial charge on any atom is 0.338 e.